The summed E-state index contributed by atoms with van der Waals surface area (Å²) in [5.74, 6) is 1.03. The van der Waals surface area contributed by atoms with Gasteiger partial charge in [-0.25, -0.2) is 0 Å². The second-order valence-electron chi connectivity index (χ2n) is 5.67. The maximum atomic E-state index is 5.98. The van der Waals surface area contributed by atoms with Crippen LogP contribution in [-0.4, -0.2) is 6.61 Å². The first-order valence-electron chi connectivity index (χ1n) is 7.83. The van der Waals surface area contributed by atoms with Crippen molar-refractivity contribution in [2.45, 2.75) is 27.2 Å². The molecule has 0 amide bonds. The largest absolute Gasteiger partial charge is 0.488 e. The number of benzene rings is 1. The van der Waals surface area contributed by atoms with Crippen molar-refractivity contribution >= 4 is 17.7 Å². The molecule has 0 saturated heterocycles. The van der Waals surface area contributed by atoms with Gasteiger partial charge in [-0.2, -0.15) is 0 Å². The Morgan fingerprint density at radius 3 is 2.64 bits per heavy atom. The summed E-state index contributed by atoms with van der Waals surface area (Å²) in [6, 6.07) is 0. The third kappa shape index (κ3) is 2.09. The number of allylic oxidation sites excluding steroid dienone is 6. The Bertz CT molecular complexity index is 755. The van der Waals surface area contributed by atoms with Crippen LogP contribution in [0.15, 0.2) is 42.5 Å². The average Bonchev–Trinajstić information content (AvgIpc) is 2.90. The summed E-state index contributed by atoms with van der Waals surface area (Å²) in [6.45, 7) is 11.0. The first-order valence-corrected chi connectivity index (χ1v) is 7.83. The van der Waals surface area contributed by atoms with Gasteiger partial charge in [-0.15, -0.1) is 0 Å². The highest BCUT2D eigenvalue weighted by molar-refractivity contribution is 5.92. The van der Waals surface area contributed by atoms with Crippen LogP contribution in [0.4, 0.5) is 0 Å². The molecule has 1 aliphatic heterocycles. The quantitative estimate of drug-likeness (QED) is 0.713. The molecule has 0 saturated carbocycles. The predicted octanol–water partition coefficient (Wildman–Crippen LogP) is 5.51. The van der Waals surface area contributed by atoms with Crippen molar-refractivity contribution in [3.8, 4) is 5.75 Å². The summed E-state index contributed by atoms with van der Waals surface area (Å²) in [5.41, 5.74) is 9.04. The third-order valence-corrected chi connectivity index (χ3v) is 4.39. The lowest BCUT2D eigenvalue weighted by atomic mass is 9.89. The van der Waals surface area contributed by atoms with Gasteiger partial charge in [-0.1, -0.05) is 43.0 Å². The van der Waals surface area contributed by atoms with Crippen LogP contribution in [0.5, 0.6) is 5.75 Å². The fraction of sp³-hybridized carbons (Fsp3) is 0.238. The van der Waals surface area contributed by atoms with Gasteiger partial charge in [-0.3, -0.25) is 0 Å². The van der Waals surface area contributed by atoms with E-state index in [9.17, 15) is 0 Å². The maximum Gasteiger partial charge on any atom is 0.134 e. The van der Waals surface area contributed by atoms with Gasteiger partial charge in [-0.05, 0) is 61.1 Å². The standard InChI is InChI=1S/C21H22O/c1-5-9-15-13-19-18-11-8-12-22-21(18)17(10-6-2)14(4)20(19)16(15)7-3/h5-11H,3,12-13H2,1-2,4H3/b9-5-,10-6-. The average molecular weight is 290 g/mol. The van der Waals surface area contributed by atoms with Crippen molar-refractivity contribution in [3.05, 3.63) is 70.3 Å². The first-order chi connectivity index (χ1) is 10.7. The second-order valence-corrected chi connectivity index (χ2v) is 5.67. The summed E-state index contributed by atoms with van der Waals surface area (Å²) in [6.07, 6.45) is 15.8. The minimum atomic E-state index is 0.652. The van der Waals surface area contributed by atoms with Gasteiger partial charge < -0.3 is 4.74 Å². The van der Waals surface area contributed by atoms with E-state index in [1.54, 1.807) is 0 Å². The molecule has 0 aromatic heterocycles. The number of fused-ring (bicyclic) bond motifs is 3. The molecule has 0 bridgehead atoms. The first kappa shape index (κ1) is 14.6. The van der Waals surface area contributed by atoms with E-state index < -0.39 is 0 Å². The predicted molar refractivity (Wildman–Crippen MR) is 96.1 cm³/mol. The summed E-state index contributed by atoms with van der Waals surface area (Å²) >= 11 is 0. The van der Waals surface area contributed by atoms with Crippen LogP contribution < -0.4 is 4.74 Å². The molecular formula is C21H22O. The zero-order valence-corrected chi connectivity index (χ0v) is 13.6. The molecule has 3 rings (SSSR count). The van der Waals surface area contributed by atoms with Gasteiger partial charge in [0.15, 0.2) is 0 Å². The molecule has 0 N–H and O–H groups in total. The van der Waals surface area contributed by atoms with E-state index in [1.807, 2.05) is 13.0 Å². The van der Waals surface area contributed by atoms with E-state index in [1.165, 1.54) is 39.0 Å². The van der Waals surface area contributed by atoms with E-state index in [0.717, 1.165) is 12.2 Å². The minimum Gasteiger partial charge on any atom is -0.488 e. The monoisotopic (exact) mass is 290 g/mol. The summed E-state index contributed by atoms with van der Waals surface area (Å²) < 4.78 is 5.98. The van der Waals surface area contributed by atoms with Gasteiger partial charge in [0.25, 0.3) is 0 Å². The molecule has 1 nitrogen and oxygen atoms in total. The number of rotatable bonds is 3. The molecule has 0 fully saturated rings. The molecule has 22 heavy (non-hydrogen) atoms. The molecule has 0 radical (unpaired) electrons. The minimum absolute atomic E-state index is 0.652. The number of hydrogen-bond acceptors (Lipinski definition) is 1. The Morgan fingerprint density at radius 2 is 1.95 bits per heavy atom. The molecular weight excluding hydrogens is 268 g/mol. The van der Waals surface area contributed by atoms with Crippen molar-refractivity contribution in [2.75, 3.05) is 6.61 Å². The normalized spacial score (nSPS) is 16.3. The van der Waals surface area contributed by atoms with E-state index in [-0.39, 0.29) is 0 Å². The van der Waals surface area contributed by atoms with Crippen molar-refractivity contribution in [2.24, 2.45) is 0 Å². The highest BCUT2D eigenvalue weighted by atomic mass is 16.5. The summed E-state index contributed by atoms with van der Waals surface area (Å²) in [4.78, 5) is 0. The topological polar surface area (TPSA) is 9.23 Å². The van der Waals surface area contributed by atoms with E-state index in [4.69, 9.17) is 4.74 Å². The van der Waals surface area contributed by atoms with Gasteiger partial charge in [0.05, 0.1) is 0 Å². The van der Waals surface area contributed by atoms with Crippen LogP contribution >= 0.6 is 0 Å². The van der Waals surface area contributed by atoms with Crippen LogP contribution in [0.25, 0.3) is 17.7 Å². The van der Waals surface area contributed by atoms with E-state index >= 15 is 0 Å². The molecule has 112 valence electrons. The SMILES string of the molecule is C=CC1=C(/C=C\C)Cc2c3c(c(/C=C\C)c(C)c21)OCC=C3. The fourth-order valence-electron chi connectivity index (χ4n) is 3.52. The van der Waals surface area contributed by atoms with Gasteiger partial charge in [0.2, 0.25) is 0 Å². The molecule has 1 aliphatic carbocycles. The van der Waals surface area contributed by atoms with Crippen LogP contribution in [0, 0.1) is 6.92 Å². The Morgan fingerprint density at radius 1 is 1.18 bits per heavy atom. The Hall–Kier alpha value is -2.28. The lowest BCUT2D eigenvalue weighted by molar-refractivity contribution is 0.357. The molecule has 1 aromatic rings. The Kier molecular flexibility index (Phi) is 3.89. The van der Waals surface area contributed by atoms with Gasteiger partial charge in [0.1, 0.15) is 12.4 Å². The molecule has 1 heterocycles. The Balaban J connectivity index is 2.35. The summed E-state index contributed by atoms with van der Waals surface area (Å²) in [5, 5.41) is 0. The van der Waals surface area contributed by atoms with Crippen molar-refractivity contribution in [1.29, 1.82) is 0 Å². The zero-order valence-electron chi connectivity index (χ0n) is 13.6. The molecule has 1 aromatic carbocycles. The molecule has 0 unspecified atom stereocenters. The van der Waals surface area contributed by atoms with Crippen molar-refractivity contribution in [3.63, 3.8) is 0 Å². The van der Waals surface area contributed by atoms with E-state index in [2.05, 4.69) is 56.9 Å². The molecule has 0 spiro atoms. The van der Waals surface area contributed by atoms with Crippen LogP contribution in [0.1, 0.15) is 41.7 Å². The second kappa shape index (κ2) is 5.84. The highest BCUT2D eigenvalue weighted by Crippen LogP contribution is 2.46. The Labute approximate surface area is 133 Å². The lowest BCUT2D eigenvalue weighted by Crippen LogP contribution is -2.07. The van der Waals surface area contributed by atoms with Crippen molar-refractivity contribution in [1.82, 2.24) is 0 Å². The molecule has 1 heteroatoms. The van der Waals surface area contributed by atoms with Crippen LogP contribution in [0.2, 0.25) is 0 Å². The van der Waals surface area contributed by atoms with Gasteiger partial charge >= 0.3 is 0 Å². The number of hydrogen-bond donors (Lipinski definition) is 0. The smallest absolute Gasteiger partial charge is 0.134 e. The molecule has 0 atom stereocenters. The van der Waals surface area contributed by atoms with Crippen LogP contribution in [0.3, 0.4) is 0 Å². The van der Waals surface area contributed by atoms with Gasteiger partial charge in [0, 0.05) is 11.1 Å². The van der Waals surface area contributed by atoms with Crippen molar-refractivity contribution < 1.29 is 4.74 Å². The fourth-order valence-corrected chi connectivity index (χ4v) is 3.52. The lowest BCUT2D eigenvalue weighted by Gasteiger charge is -2.22. The number of ether oxygens (including phenoxy) is 1. The van der Waals surface area contributed by atoms with E-state index in [0.29, 0.717) is 6.61 Å². The van der Waals surface area contributed by atoms with Crippen LogP contribution in [-0.2, 0) is 6.42 Å². The maximum absolute atomic E-state index is 5.98. The summed E-state index contributed by atoms with van der Waals surface area (Å²) in [7, 11) is 0. The zero-order chi connectivity index (χ0) is 15.7. The third-order valence-electron chi connectivity index (χ3n) is 4.39. The highest BCUT2D eigenvalue weighted by Gasteiger charge is 2.28. The molecule has 2 aliphatic rings.